The Hall–Kier alpha value is -2.81. The second-order valence-electron chi connectivity index (χ2n) is 4.73. The fraction of sp³-hybridized carbons (Fsp3) is 0.133. The Labute approximate surface area is 119 Å². The van der Waals surface area contributed by atoms with Crippen molar-refractivity contribution in [3.8, 4) is 17.5 Å². The van der Waals surface area contributed by atoms with Gasteiger partial charge in [0.05, 0.1) is 11.6 Å². The normalized spacial score (nSPS) is 11.5. The first-order valence-corrected chi connectivity index (χ1v) is 6.22. The van der Waals surface area contributed by atoms with E-state index in [1.807, 2.05) is 6.07 Å². The minimum atomic E-state index is -2.91. The Morgan fingerprint density at radius 1 is 1.19 bits per heavy atom. The highest BCUT2D eigenvalue weighted by Gasteiger charge is 2.24. The Balaban J connectivity index is 2.06. The van der Waals surface area contributed by atoms with Crippen LogP contribution in [-0.4, -0.2) is 14.6 Å². The summed E-state index contributed by atoms with van der Waals surface area (Å²) in [5.41, 5.74) is 1.51. The van der Waals surface area contributed by atoms with Crippen molar-refractivity contribution in [1.82, 2.24) is 14.6 Å². The van der Waals surface area contributed by atoms with E-state index >= 15 is 0 Å². The third kappa shape index (κ3) is 2.46. The minimum Gasteiger partial charge on any atom is -0.221 e. The predicted octanol–water partition coefficient (Wildman–Crippen LogP) is 3.38. The molecule has 0 bridgehead atoms. The van der Waals surface area contributed by atoms with E-state index in [0.717, 1.165) is 12.5 Å². The quantitative estimate of drug-likeness (QED) is 0.725. The largest absolute Gasteiger partial charge is 0.270 e. The molecule has 0 aliphatic rings. The lowest BCUT2D eigenvalue weighted by atomic mass is 10.1. The van der Waals surface area contributed by atoms with Gasteiger partial charge in [0.15, 0.2) is 11.5 Å². The minimum absolute atomic E-state index is 0.103. The molecule has 3 rings (SSSR count). The van der Waals surface area contributed by atoms with Crippen molar-refractivity contribution in [2.75, 3.05) is 0 Å². The number of nitrogens with zero attached hydrogens (tertiary/aromatic N) is 4. The number of pyridine rings is 1. The lowest BCUT2D eigenvalue weighted by molar-refractivity contribution is 0.0175. The average Bonchev–Trinajstić information content (AvgIpc) is 2.89. The van der Waals surface area contributed by atoms with Gasteiger partial charge >= 0.3 is 0 Å². The van der Waals surface area contributed by atoms with Gasteiger partial charge in [-0.2, -0.15) is 5.26 Å². The summed E-state index contributed by atoms with van der Waals surface area (Å²) in [4.78, 5) is 4.25. The van der Waals surface area contributed by atoms with Crippen molar-refractivity contribution < 1.29 is 8.78 Å². The molecule has 4 nitrogen and oxygen atoms in total. The second-order valence-corrected chi connectivity index (χ2v) is 4.73. The summed E-state index contributed by atoms with van der Waals surface area (Å²) in [7, 11) is 0. The average molecular weight is 284 g/mol. The summed E-state index contributed by atoms with van der Waals surface area (Å²) >= 11 is 0. The Morgan fingerprint density at radius 2 is 1.90 bits per heavy atom. The van der Waals surface area contributed by atoms with Crippen LogP contribution < -0.4 is 0 Å². The molecule has 104 valence electrons. The van der Waals surface area contributed by atoms with E-state index < -0.39 is 5.92 Å². The zero-order valence-electron chi connectivity index (χ0n) is 11.1. The highest BCUT2D eigenvalue weighted by atomic mass is 19.3. The van der Waals surface area contributed by atoms with Crippen molar-refractivity contribution in [3.05, 3.63) is 53.7 Å². The van der Waals surface area contributed by atoms with Crippen molar-refractivity contribution in [2.45, 2.75) is 12.8 Å². The second kappa shape index (κ2) is 4.63. The first kappa shape index (κ1) is 13.2. The van der Waals surface area contributed by atoms with Crippen LogP contribution in [0.25, 0.3) is 17.0 Å². The molecule has 0 radical (unpaired) electrons. The van der Waals surface area contributed by atoms with Crippen LogP contribution in [0.1, 0.15) is 18.1 Å². The van der Waals surface area contributed by atoms with Gasteiger partial charge in [0, 0.05) is 24.2 Å². The molecule has 21 heavy (non-hydrogen) atoms. The van der Waals surface area contributed by atoms with Gasteiger partial charge in [-0.25, -0.2) is 18.3 Å². The van der Waals surface area contributed by atoms with E-state index in [9.17, 15) is 8.78 Å². The van der Waals surface area contributed by atoms with Crippen molar-refractivity contribution in [3.63, 3.8) is 0 Å². The SMILES string of the molecule is CC(F)(F)c1ccn2nc(-c3ccc(C#N)cc3)nc2c1. The lowest BCUT2D eigenvalue weighted by Crippen LogP contribution is -2.07. The van der Waals surface area contributed by atoms with E-state index in [2.05, 4.69) is 10.1 Å². The molecule has 0 aliphatic heterocycles. The van der Waals surface area contributed by atoms with Crippen LogP contribution in [0.4, 0.5) is 8.78 Å². The Bertz CT molecular complexity index is 839. The third-order valence-corrected chi connectivity index (χ3v) is 3.12. The maximum atomic E-state index is 13.3. The summed E-state index contributed by atoms with van der Waals surface area (Å²) in [6.07, 6.45) is 1.46. The van der Waals surface area contributed by atoms with Gasteiger partial charge < -0.3 is 0 Å². The molecule has 2 heterocycles. The molecular weight excluding hydrogens is 274 g/mol. The molecule has 0 unspecified atom stereocenters. The summed E-state index contributed by atoms with van der Waals surface area (Å²) < 4.78 is 28.1. The van der Waals surface area contributed by atoms with Crippen LogP contribution in [0.5, 0.6) is 0 Å². The summed E-state index contributed by atoms with van der Waals surface area (Å²) in [5.74, 6) is -2.49. The molecule has 0 N–H and O–H groups in total. The maximum Gasteiger partial charge on any atom is 0.270 e. The third-order valence-electron chi connectivity index (χ3n) is 3.12. The van der Waals surface area contributed by atoms with Gasteiger partial charge in [0.1, 0.15) is 0 Å². The molecule has 0 spiro atoms. The van der Waals surface area contributed by atoms with Crippen LogP contribution in [0.3, 0.4) is 0 Å². The smallest absolute Gasteiger partial charge is 0.221 e. The molecule has 0 amide bonds. The zero-order valence-corrected chi connectivity index (χ0v) is 11.1. The molecule has 0 atom stereocenters. The molecule has 0 saturated carbocycles. The topological polar surface area (TPSA) is 54.0 Å². The van der Waals surface area contributed by atoms with Gasteiger partial charge in [-0.1, -0.05) is 0 Å². The fourth-order valence-corrected chi connectivity index (χ4v) is 1.97. The standard InChI is InChI=1S/C15H10F2N4/c1-15(16,17)12-6-7-21-13(8-12)19-14(20-21)11-4-2-10(9-18)3-5-11/h2-8H,1H3. The van der Waals surface area contributed by atoms with Gasteiger partial charge in [0.25, 0.3) is 5.92 Å². The Morgan fingerprint density at radius 3 is 2.52 bits per heavy atom. The predicted molar refractivity (Wildman–Crippen MR) is 72.7 cm³/mol. The molecule has 0 fully saturated rings. The number of benzene rings is 1. The molecule has 0 saturated heterocycles. The maximum absolute atomic E-state index is 13.3. The number of aromatic nitrogens is 3. The van der Waals surface area contributed by atoms with Crippen molar-refractivity contribution >= 4 is 5.65 Å². The van der Waals surface area contributed by atoms with Crippen LogP contribution in [0.2, 0.25) is 0 Å². The van der Waals surface area contributed by atoms with Gasteiger partial charge in [-0.05, 0) is 36.4 Å². The zero-order chi connectivity index (χ0) is 15.0. The van der Waals surface area contributed by atoms with Gasteiger partial charge in [0.2, 0.25) is 0 Å². The highest BCUT2D eigenvalue weighted by Crippen LogP contribution is 2.27. The highest BCUT2D eigenvalue weighted by molar-refractivity contribution is 5.59. The first-order chi connectivity index (χ1) is 9.97. The summed E-state index contributed by atoms with van der Waals surface area (Å²) in [5, 5.41) is 13.0. The van der Waals surface area contributed by atoms with E-state index in [-0.39, 0.29) is 5.56 Å². The van der Waals surface area contributed by atoms with E-state index in [0.29, 0.717) is 17.0 Å². The van der Waals surface area contributed by atoms with Gasteiger partial charge in [-0.3, -0.25) is 0 Å². The number of rotatable bonds is 2. The van der Waals surface area contributed by atoms with Crippen LogP contribution in [-0.2, 0) is 5.92 Å². The van der Waals surface area contributed by atoms with E-state index in [1.165, 1.54) is 22.8 Å². The lowest BCUT2D eigenvalue weighted by Gasteiger charge is -2.09. The van der Waals surface area contributed by atoms with E-state index in [4.69, 9.17) is 5.26 Å². The molecular formula is C15H10F2N4. The number of hydrogen-bond acceptors (Lipinski definition) is 3. The Kier molecular flexibility index (Phi) is 2.91. The number of alkyl halides is 2. The van der Waals surface area contributed by atoms with Crippen molar-refractivity contribution in [2.24, 2.45) is 0 Å². The first-order valence-electron chi connectivity index (χ1n) is 6.22. The fourth-order valence-electron chi connectivity index (χ4n) is 1.97. The molecule has 6 heteroatoms. The number of nitriles is 1. The van der Waals surface area contributed by atoms with Crippen molar-refractivity contribution in [1.29, 1.82) is 5.26 Å². The van der Waals surface area contributed by atoms with Gasteiger partial charge in [-0.15, -0.1) is 5.10 Å². The van der Waals surface area contributed by atoms with E-state index in [1.54, 1.807) is 24.3 Å². The molecule has 3 aromatic rings. The van der Waals surface area contributed by atoms with Crippen LogP contribution in [0.15, 0.2) is 42.6 Å². The molecule has 1 aromatic carbocycles. The summed E-state index contributed by atoms with van der Waals surface area (Å²) in [6, 6.07) is 11.4. The van der Waals surface area contributed by atoms with Crippen LogP contribution in [0, 0.1) is 11.3 Å². The number of halogens is 2. The summed E-state index contributed by atoms with van der Waals surface area (Å²) in [6.45, 7) is 0.844. The number of fused-ring (bicyclic) bond motifs is 1. The van der Waals surface area contributed by atoms with Crippen LogP contribution >= 0.6 is 0 Å². The number of hydrogen-bond donors (Lipinski definition) is 0. The molecule has 2 aromatic heterocycles. The molecule has 0 aliphatic carbocycles. The monoisotopic (exact) mass is 284 g/mol.